The van der Waals surface area contributed by atoms with Crippen LogP contribution in [-0.2, 0) is 11.3 Å². The fourth-order valence-electron chi connectivity index (χ4n) is 3.35. The lowest BCUT2D eigenvalue weighted by molar-refractivity contribution is -0.133. The average Bonchev–Trinajstić information content (AvgIpc) is 3.22. The van der Waals surface area contributed by atoms with Crippen molar-refractivity contribution < 1.29 is 9.53 Å². The zero-order valence-electron chi connectivity index (χ0n) is 14.9. The van der Waals surface area contributed by atoms with Gasteiger partial charge in [0.2, 0.25) is 11.8 Å². The van der Waals surface area contributed by atoms with E-state index in [2.05, 4.69) is 15.1 Å². The van der Waals surface area contributed by atoms with Crippen molar-refractivity contribution in [2.45, 2.75) is 25.3 Å². The third kappa shape index (κ3) is 4.13. The summed E-state index contributed by atoms with van der Waals surface area (Å²) in [6, 6.07) is 11.4. The van der Waals surface area contributed by atoms with E-state index in [1.807, 2.05) is 41.3 Å². The Labute approximate surface area is 157 Å². The number of para-hydroxylation sites is 1. The van der Waals surface area contributed by atoms with Gasteiger partial charge in [-0.1, -0.05) is 18.2 Å². The van der Waals surface area contributed by atoms with E-state index in [1.54, 1.807) is 29.5 Å². The van der Waals surface area contributed by atoms with E-state index >= 15 is 0 Å². The normalized spacial score (nSPS) is 16.9. The first-order valence-electron chi connectivity index (χ1n) is 9.08. The number of rotatable bonds is 5. The van der Waals surface area contributed by atoms with Crippen LogP contribution in [0.4, 0.5) is 0 Å². The first-order chi connectivity index (χ1) is 13.3. The molecule has 1 aromatic carbocycles. The van der Waals surface area contributed by atoms with Crippen LogP contribution in [0, 0.1) is 0 Å². The maximum absolute atomic E-state index is 12.6. The quantitative estimate of drug-likeness (QED) is 0.697. The van der Waals surface area contributed by atoms with Crippen LogP contribution in [0.25, 0.3) is 0 Å². The van der Waals surface area contributed by atoms with Crippen LogP contribution in [-0.4, -0.2) is 43.6 Å². The minimum Gasteiger partial charge on any atom is -0.437 e. The topological polar surface area (TPSA) is 73.1 Å². The highest BCUT2D eigenvalue weighted by Gasteiger charge is 2.28. The number of hydrogen-bond donors (Lipinski definition) is 0. The lowest BCUT2D eigenvalue weighted by Gasteiger charge is -2.32. The number of nitrogens with zero attached hydrogens (tertiary/aromatic N) is 5. The SMILES string of the molecule is O=C(Cn1cccn1)N1CCC[C@@H](c2nccnc2Oc2ccccc2)C1. The van der Waals surface area contributed by atoms with Crippen molar-refractivity contribution >= 4 is 5.91 Å². The molecule has 2 aromatic heterocycles. The van der Waals surface area contributed by atoms with Gasteiger partial charge in [0.05, 0.1) is 0 Å². The summed E-state index contributed by atoms with van der Waals surface area (Å²) in [4.78, 5) is 23.4. The van der Waals surface area contributed by atoms with E-state index in [-0.39, 0.29) is 18.4 Å². The van der Waals surface area contributed by atoms with Crippen molar-refractivity contribution in [3.63, 3.8) is 0 Å². The number of likely N-dealkylation sites (tertiary alicyclic amines) is 1. The Hall–Kier alpha value is -3.22. The first kappa shape index (κ1) is 17.2. The summed E-state index contributed by atoms with van der Waals surface area (Å²) in [5.74, 6) is 1.40. The largest absolute Gasteiger partial charge is 0.437 e. The Kier molecular flexibility index (Phi) is 5.09. The van der Waals surface area contributed by atoms with Gasteiger partial charge in [-0.15, -0.1) is 0 Å². The Morgan fingerprint density at radius 2 is 1.96 bits per heavy atom. The van der Waals surface area contributed by atoms with E-state index in [1.165, 1.54) is 0 Å². The number of carbonyl (C=O) groups excluding carboxylic acids is 1. The van der Waals surface area contributed by atoms with Crippen LogP contribution in [0.2, 0.25) is 0 Å². The molecule has 1 aliphatic heterocycles. The van der Waals surface area contributed by atoms with Crippen molar-refractivity contribution in [1.29, 1.82) is 0 Å². The lowest BCUT2D eigenvalue weighted by Crippen LogP contribution is -2.41. The summed E-state index contributed by atoms with van der Waals surface area (Å²) in [5.41, 5.74) is 0.804. The zero-order valence-corrected chi connectivity index (χ0v) is 14.9. The Morgan fingerprint density at radius 3 is 2.78 bits per heavy atom. The molecule has 1 atom stereocenters. The molecule has 3 aromatic rings. The average molecular weight is 363 g/mol. The second-order valence-corrected chi connectivity index (χ2v) is 6.54. The van der Waals surface area contributed by atoms with Crippen molar-refractivity contribution in [2.24, 2.45) is 0 Å². The molecule has 0 spiro atoms. The molecular weight excluding hydrogens is 342 g/mol. The van der Waals surface area contributed by atoms with Crippen LogP contribution in [0.5, 0.6) is 11.6 Å². The molecule has 7 heteroatoms. The summed E-state index contributed by atoms with van der Waals surface area (Å²) >= 11 is 0. The number of aromatic nitrogens is 4. The van der Waals surface area contributed by atoms with E-state index < -0.39 is 0 Å². The predicted molar refractivity (Wildman–Crippen MR) is 99.3 cm³/mol. The lowest BCUT2D eigenvalue weighted by atomic mass is 9.94. The third-order valence-electron chi connectivity index (χ3n) is 4.67. The van der Waals surface area contributed by atoms with Crippen LogP contribution in [0.3, 0.4) is 0 Å². The van der Waals surface area contributed by atoms with Crippen molar-refractivity contribution in [3.05, 3.63) is 66.9 Å². The number of carbonyl (C=O) groups is 1. The number of amides is 1. The van der Waals surface area contributed by atoms with E-state index in [0.717, 1.165) is 30.8 Å². The van der Waals surface area contributed by atoms with Gasteiger partial charge in [-0.3, -0.25) is 14.5 Å². The number of piperidine rings is 1. The van der Waals surface area contributed by atoms with Crippen LogP contribution >= 0.6 is 0 Å². The van der Waals surface area contributed by atoms with Crippen LogP contribution in [0.1, 0.15) is 24.5 Å². The molecule has 0 radical (unpaired) electrons. The third-order valence-corrected chi connectivity index (χ3v) is 4.67. The van der Waals surface area contributed by atoms with Crippen molar-refractivity contribution in [2.75, 3.05) is 13.1 Å². The maximum atomic E-state index is 12.6. The molecular formula is C20H21N5O2. The van der Waals surface area contributed by atoms with Gasteiger partial charge in [-0.05, 0) is 31.0 Å². The smallest absolute Gasteiger partial charge is 0.244 e. The van der Waals surface area contributed by atoms with Crippen LogP contribution in [0.15, 0.2) is 61.2 Å². The van der Waals surface area contributed by atoms with Gasteiger partial charge in [-0.25, -0.2) is 4.98 Å². The number of benzene rings is 1. The fourth-order valence-corrected chi connectivity index (χ4v) is 3.35. The second kappa shape index (κ2) is 7.99. The monoisotopic (exact) mass is 363 g/mol. The minimum atomic E-state index is 0.0674. The Bertz CT molecular complexity index is 882. The molecule has 3 heterocycles. The molecule has 27 heavy (non-hydrogen) atoms. The van der Waals surface area contributed by atoms with Gasteiger partial charge >= 0.3 is 0 Å². The molecule has 0 N–H and O–H groups in total. The zero-order chi connectivity index (χ0) is 18.5. The van der Waals surface area contributed by atoms with Crippen molar-refractivity contribution in [1.82, 2.24) is 24.6 Å². The van der Waals surface area contributed by atoms with Gasteiger partial charge in [0, 0.05) is 43.8 Å². The predicted octanol–water partition coefficient (Wildman–Crippen LogP) is 2.87. The molecule has 1 amide bonds. The van der Waals surface area contributed by atoms with Crippen LogP contribution < -0.4 is 4.74 Å². The van der Waals surface area contributed by atoms with Gasteiger partial charge < -0.3 is 9.64 Å². The molecule has 0 bridgehead atoms. The molecule has 0 saturated carbocycles. The minimum absolute atomic E-state index is 0.0674. The molecule has 7 nitrogen and oxygen atoms in total. The second-order valence-electron chi connectivity index (χ2n) is 6.54. The molecule has 1 fully saturated rings. The fraction of sp³-hybridized carbons (Fsp3) is 0.300. The Morgan fingerprint density at radius 1 is 1.11 bits per heavy atom. The molecule has 1 saturated heterocycles. The van der Waals surface area contributed by atoms with Crippen molar-refractivity contribution in [3.8, 4) is 11.6 Å². The summed E-state index contributed by atoms with van der Waals surface area (Å²) in [6.07, 6.45) is 8.67. The summed E-state index contributed by atoms with van der Waals surface area (Å²) < 4.78 is 7.60. The highest BCUT2D eigenvalue weighted by Crippen LogP contribution is 2.32. The van der Waals surface area contributed by atoms with E-state index in [0.29, 0.717) is 12.4 Å². The van der Waals surface area contributed by atoms with Gasteiger partial charge in [0.15, 0.2) is 0 Å². The van der Waals surface area contributed by atoms with Gasteiger partial charge in [0.1, 0.15) is 18.0 Å². The standard InChI is InChI=1S/C20H21N5O2/c26-18(15-25-13-5-9-23-25)24-12-4-6-16(14-24)19-20(22-11-10-21-19)27-17-7-2-1-3-8-17/h1-3,5,7-11,13,16H,4,6,12,14-15H2/t16-/m1/s1. The molecule has 138 valence electrons. The summed E-state index contributed by atoms with van der Waals surface area (Å²) in [6.45, 7) is 1.63. The summed E-state index contributed by atoms with van der Waals surface area (Å²) in [7, 11) is 0. The summed E-state index contributed by atoms with van der Waals surface area (Å²) in [5, 5.41) is 4.12. The molecule has 1 aliphatic rings. The van der Waals surface area contributed by atoms with Gasteiger partial charge in [0.25, 0.3) is 0 Å². The van der Waals surface area contributed by atoms with E-state index in [9.17, 15) is 4.79 Å². The molecule has 0 aliphatic carbocycles. The van der Waals surface area contributed by atoms with E-state index in [4.69, 9.17) is 4.74 Å². The maximum Gasteiger partial charge on any atom is 0.244 e. The first-order valence-corrected chi connectivity index (χ1v) is 9.08. The number of hydrogen-bond acceptors (Lipinski definition) is 5. The highest BCUT2D eigenvalue weighted by atomic mass is 16.5. The van der Waals surface area contributed by atoms with Gasteiger partial charge in [-0.2, -0.15) is 5.10 Å². The Balaban J connectivity index is 1.49. The molecule has 0 unspecified atom stereocenters. The molecule has 4 rings (SSSR count). The highest BCUT2D eigenvalue weighted by molar-refractivity contribution is 5.76. The number of ether oxygens (including phenoxy) is 1.